The van der Waals surface area contributed by atoms with Gasteiger partial charge in [-0.25, -0.2) is 9.18 Å². The monoisotopic (exact) mass is 359 g/mol. The predicted molar refractivity (Wildman–Crippen MR) is 94.0 cm³/mol. The number of rotatable bonds is 4. The number of benzene rings is 1. The van der Waals surface area contributed by atoms with Crippen molar-refractivity contribution in [2.24, 2.45) is 0 Å². The van der Waals surface area contributed by atoms with E-state index in [0.29, 0.717) is 12.3 Å². The van der Waals surface area contributed by atoms with Gasteiger partial charge in [0.15, 0.2) is 5.76 Å². The molecule has 1 aromatic heterocycles. The first-order valence-electron chi connectivity index (χ1n) is 8.69. The minimum Gasteiger partial charge on any atom is -0.454 e. The molecular weight excluding hydrogens is 337 g/mol. The highest BCUT2D eigenvalue weighted by Gasteiger charge is 2.28. The third kappa shape index (κ3) is 4.04. The Balaban J connectivity index is 1.65. The molecule has 138 valence electrons. The summed E-state index contributed by atoms with van der Waals surface area (Å²) in [6, 6.07) is 9.26. The average molecular weight is 359 g/mol. The second kappa shape index (κ2) is 8.03. The van der Waals surface area contributed by atoms with Crippen molar-refractivity contribution in [2.75, 3.05) is 13.6 Å². The number of likely N-dealkylation sites (tertiary alicyclic amines) is 1. The molecule has 3 amide bonds. The summed E-state index contributed by atoms with van der Waals surface area (Å²) in [4.78, 5) is 25.9. The minimum absolute atomic E-state index is 0.141. The largest absolute Gasteiger partial charge is 0.454 e. The van der Waals surface area contributed by atoms with Crippen LogP contribution in [0.4, 0.5) is 9.18 Å². The van der Waals surface area contributed by atoms with E-state index in [1.54, 1.807) is 23.1 Å². The lowest BCUT2D eigenvalue weighted by atomic mass is 9.95. The molecule has 1 atom stereocenters. The number of nitrogens with zero attached hydrogens (tertiary/aromatic N) is 1. The van der Waals surface area contributed by atoms with Gasteiger partial charge in [-0.15, -0.1) is 0 Å². The average Bonchev–Trinajstić information content (AvgIpc) is 3.14. The Morgan fingerprint density at radius 1 is 1.27 bits per heavy atom. The van der Waals surface area contributed by atoms with E-state index in [-0.39, 0.29) is 36.1 Å². The van der Waals surface area contributed by atoms with Gasteiger partial charge in [0.25, 0.3) is 5.91 Å². The van der Waals surface area contributed by atoms with Crippen LogP contribution in [-0.4, -0.2) is 30.4 Å². The predicted octanol–water partition coefficient (Wildman–Crippen LogP) is 3.22. The van der Waals surface area contributed by atoms with Gasteiger partial charge in [-0.1, -0.05) is 12.1 Å². The van der Waals surface area contributed by atoms with Crippen molar-refractivity contribution < 1.29 is 18.4 Å². The Labute approximate surface area is 151 Å². The van der Waals surface area contributed by atoms with E-state index in [0.717, 1.165) is 24.8 Å². The molecule has 1 aromatic carbocycles. The molecule has 2 heterocycles. The van der Waals surface area contributed by atoms with Crippen molar-refractivity contribution in [1.29, 1.82) is 0 Å². The van der Waals surface area contributed by atoms with Gasteiger partial charge < -0.3 is 20.0 Å². The van der Waals surface area contributed by atoms with E-state index in [1.165, 1.54) is 19.2 Å². The summed E-state index contributed by atoms with van der Waals surface area (Å²) in [5.41, 5.74) is 0.805. The molecular formula is C19H22FN3O3. The second-order valence-electron chi connectivity index (χ2n) is 6.26. The number of halogens is 1. The van der Waals surface area contributed by atoms with Crippen LogP contribution < -0.4 is 10.6 Å². The Morgan fingerprint density at radius 3 is 2.88 bits per heavy atom. The maximum Gasteiger partial charge on any atom is 0.318 e. The number of piperidine rings is 1. The summed E-state index contributed by atoms with van der Waals surface area (Å²) in [7, 11) is 1.52. The molecule has 26 heavy (non-hydrogen) atoms. The summed E-state index contributed by atoms with van der Waals surface area (Å²) >= 11 is 0. The molecule has 7 heteroatoms. The first kappa shape index (κ1) is 18.0. The summed E-state index contributed by atoms with van der Waals surface area (Å²) in [6.07, 6.45) is 2.72. The molecule has 0 spiro atoms. The third-order valence-corrected chi connectivity index (χ3v) is 4.52. The highest BCUT2D eigenvalue weighted by atomic mass is 19.1. The van der Waals surface area contributed by atoms with Crippen LogP contribution in [0, 0.1) is 5.82 Å². The molecule has 0 unspecified atom stereocenters. The van der Waals surface area contributed by atoms with Gasteiger partial charge in [0.05, 0.1) is 12.6 Å². The summed E-state index contributed by atoms with van der Waals surface area (Å²) < 4.78 is 19.0. The molecule has 1 saturated heterocycles. The van der Waals surface area contributed by atoms with Gasteiger partial charge >= 0.3 is 6.03 Å². The fourth-order valence-electron chi connectivity index (χ4n) is 3.22. The SMILES string of the molecule is CNC(=O)c1ccc(CNC(=O)N2CCCC[C@@H]2c2cccc(F)c2)o1. The molecule has 1 aliphatic rings. The van der Waals surface area contributed by atoms with Crippen LogP contribution in [0.15, 0.2) is 40.8 Å². The normalized spacial score (nSPS) is 17.0. The molecule has 1 fully saturated rings. The molecule has 0 radical (unpaired) electrons. The van der Waals surface area contributed by atoms with Crippen molar-refractivity contribution in [3.05, 3.63) is 59.3 Å². The van der Waals surface area contributed by atoms with Gasteiger partial charge in [0.1, 0.15) is 11.6 Å². The lowest BCUT2D eigenvalue weighted by molar-refractivity contribution is 0.0933. The number of furan rings is 1. The molecule has 2 N–H and O–H groups in total. The number of hydrogen-bond donors (Lipinski definition) is 2. The van der Waals surface area contributed by atoms with E-state index >= 15 is 0 Å². The van der Waals surface area contributed by atoms with Gasteiger partial charge in [0.2, 0.25) is 0 Å². The van der Waals surface area contributed by atoms with Crippen molar-refractivity contribution in [3.63, 3.8) is 0 Å². The van der Waals surface area contributed by atoms with E-state index in [4.69, 9.17) is 4.42 Å². The Hall–Kier alpha value is -2.83. The van der Waals surface area contributed by atoms with Crippen LogP contribution in [0.5, 0.6) is 0 Å². The van der Waals surface area contributed by atoms with Crippen LogP contribution in [0.1, 0.15) is 47.2 Å². The van der Waals surface area contributed by atoms with Gasteiger partial charge in [-0.3, -0.25) is 4.79 Å². The maximum atomic E-state index is 13.6. The Morgan fingerprint density at radius 2 is 2.12 bits per heavy atom. The Bertz CT molecular complexity index is 790. The lowest BCUT2D eigenvalue weighted by Crippen LogP contribution is -2.44. The van der Waals surface area contributed by atoms with Crippen LogP contribution in [-0.2, 0) is 6.54 Å². The molecule has 3 rings (SSSR count). The topological polar surface area (TPSA) is 74.6 Å². The fraction of sp³-hybridized carbons (Fsp3) is 0.368. The zero-order chi connectivity index (χ0) is 18.5. The summed E-state index contributed by atoms with van der Waals surface area (Å²) in [5, 5.41) is 5.30. The zero-order valence-corrected chi connectivity index (χ0v) is 14.6. The Kier molecular flexibility index (Phi) is 5.55. The molecule has 2 aromatic rings. The van der Waals surface area contributed by atoms with Crippen LogP contribution >= 0.6 is 0 Å². The highest BCUT2D eigenvalue weighted by molar-refractivity contribution is 5.91. The second-order valence-corrected chi connectivity index (χ2v) is 6.26. The number of hydrogen-bond acceptors (Lipinski definition) is 3. The van der Waals surface area contributed by atoms with Crippen LogP contribution in [0.3, 0.4) is 0 Å². The molecule has 0 saturated carbocycles. The van der Waals surface area contributed by atoms with Crippen LogP contribution in [0.2, 0.25) is 0 Å². The smallest absolute Gasteiger partial charge is 0.318 e. The summed E-state index contributed by atoms with van der Waals surface area (Å²) in [6.45, 7) is 0.802. The number of nitrogens with one attached hydrogen (secondary N) is 2. The first-order chi connectivity index (χ1) is 12.6. The number of carbonyl (C=O) groups excluding carboxylic acids is 2. The van der Waals surface area contributed by atoms with E-state index in [9.17, 15) is 14.0 Å². The molecule has 6 nitrogen and oxygen atoms in total. The molecule has 0 bridgehead atoms. The van der Waals surface area contributed by atoms with Gasteiger partial charge in [-0.05, 0) is 49.1 Å². The van der Waals surface area contributed by atoms with E-state index in [2.05, 4.69) is 10.6 Å². The maximum absolute atomic E-state index is 13.6. The minimum atomic E-state index is -0.315. The van der Waals surface area contributed by atoms with E-state index in [1.807, 2.05) is 6.07 Å². The standard InChI is InChI=1S/C19H22FN3O3/c1-21-18(24)17-9-8-15(26-17)12-22-19(25)23-10-3-2-7-16(23)13-5-4-6-14(20)11-13/h4-6,8-9,11,16H,2-3,7,10,12H2,1H3,(H,21,24)(H,22,25)/t16-/m1/s1. The van der Waals surface area contributed by atoms with Crippen molar-refractivity contribution in [1.82, 2.24) is 15.5 Å². The first-order valence-corrected chi connectivity index (χ1v) is 8.69. The molecule has 1 aliphatic heterocycles. The quantitative estimate of drug-likeness (QED) is 0.880. The third-order valence-electron chi connectivity index (χ3n) is 4.52. The number of carbonyl (C=O) groups is 2. The van der Waals surface area contributed by atoms with Gasteiger partial charge in [-0.2, -0.15) is 0 Å². The molecule has 0 aliphatic carbocycles. The number of urea groups is 1. The highest BCUT2D eigenvalue weighted by Crippen LogP contribution is 2.31. The van der Waals surface area contributed by atoms with E-state index < -0.39 is 0 Å². The van der Waals surface area contributed by atoms with Gasteiger partial charge in [0, 0.05) is 13.6 Å². The van der Waals surface area contributed by atoms with Crippen LogP contribution in [0.25, 0.3) is 0 Å². The van der Waals surface area contributed by atoms with Crippen molar-refractivity contribution in [3.8, 4) is 0 Å². The lowest BCUT2D eigenvalue weighted by Gasteiger charge is -2.36. The number of amides is 3. The summed E-state index contributed by atoms with van der Waals surface area (Å²) in [5.74, 6) is 0.0825. The fourth-order valence-corrected chi connectivity index (χ4v) is 3.22. The zero-order valence-electron chi connectivity index (χ0n) is 14.6. The van der Waals surface area contributed by atoms with Crippen molar-refractivity contribution >= 4 is 11.9 Å². The van der Waals surface area contributed by atoms with Crippen molar-refractivity contribution in [2.45, 2.75) is 31.8 Å².